The minimum Gasteiger partial charge on any atom is -0.467 e. The number of nitrogens with one attached hydrogen (secondary N) is 1. The maximum Gasteiger partial charge on any atom is 0.336 e. The van der Waals surface area contributed by atoms with Gasteiger partial charge >= 0.3 is 17.9 Å². The van der Waals surface area contributed by atoms with E-state index in [2.05, 4.69) is 18.8 Å². The van der Waals surface area contributed by atoms with E-state index in [1.165, 1.54) is 13.8 Å². The van der Waals surface area contributed by atoms with Gasteiger partial charge in [-0.2, -0.15) is 0 Å². The lowest BCUT2D eigenvalue weighted by Gasteiger charge is -2.61. The van der Waals surface area contributed by atoms with Crippen molar-refractivity contribution in [2.24, 2.45) is 22.7 Å². The van der Waals surface area contributed by atoms with Crippen molar-refractivity contribution in [3.63, 3.8) is 0 Å². The second-order valence-electron chi connectivity index (χ2n) is 11.6. The van der Waals surface area contributed by atoms with Crippen LogP contribution in [-0.4, -0.2) is 55.8 Å². The fourth-order valence-corrected chi connectivity index (χ4v) is 7.33. The van der Waals surface area contributed by atoms with Crippen LogP contribution in [0.25, 0.3) is 0 Å². The Morgan fingerprint density at radius 2 is 1.88 bits per heavy atom. The van der Waals surface area contributed by atoms with Gasteiger partial charge in [0, 0.05) is 24.9 Å². The van der Waals surface area contributed by atoms with Crippen molar-refractivity contribution >= 4 is 30.1 Å². The molecule has 3 aliphatic rings. The highest BCUT2D eigenvalue weighted by Gasteiger charge is 2.62. The number of benzene rings is 1. The Morgan fingerprint density at radius 3 is 2.48 bits per heavy atom. The number of ether oxygens (including phenoxy) is 4. The zero-order valence-corrected chi connectivity index (χ0v) is 23.6. The van der Waals surface area contributed by atoms with Crippen molar-refractivity contribution in [2.45, 2.75) is 71.6 Å². The van der Waals surface area contributed by atoms with Crippen LogP contribution < -0.4 is 5.32 Å². The number of esters is 3. The van der Waals surface area contributed by atoms with Crippen LogP contribution in [0.3, 0.4) is 0 Å². The molecule has 1 N–H and O–H groups in total. The highest BCUT2D eigenvalue weighted by molar-refractivity contribution is 5.92. The van der Waals surface area contributed by atoms with Gasteiger partial charge in [-0.05, 0) is 66.7 Å². The number of rotatable bonds is 10. The molecule has 0 amide bonds. The van der Waals surface area contributed by atoms with Gasteiger partial charge in [-0.3, -0.25) is 14.4 Å². The third kappa shape index (κ3) is 5.78. The zero-order valence-electron chi connectivity index (χ0n) is 23.6. The molecule has 40 heavy (non-hydrogen) atoms. The molecule has 1 aromatic rings. The summed E-state index contributed by atoms with van der Waals surface area (Å²) in [5, 5.41) is 3.52. The molecule has 0 radical (unpaired) electrons. The molecule has 0 bridgehead atoms. The predicted octanol–water partition coefficient (Wildman–Crippen LogP) is 4.38. The summed E-state index contributed by atoms with van der Waals surface area (Å²) >= 11 is 0. The highest BCUT2D eigenvalue weighted by Crippen LogP contribution is 2.63. The van der Waals surface area contributed by atoms with Crippen molar-refractivity contribution in [3.05, 3.63) is 54.1 Å². The summed E-state index contributed by atoms with van der Waals surface area (Å²) in [5.74, 6) is -1.55. The van der Waals surface area contributed by atoms with Crippen LogP contribution in [0.5, 0.6) is 0 Å². The molecule has 2 saturated carbocycles. The topological polar surface area (TPSA) is 117 Å². The molecule has 9 heteroatoms. The number of fused-ring (bicyclic) bond motifs is 1. The first-order valence-corrected chi connectivity index (χ1v) is 13.8. The third-order valence-corrected chi connectivity index (χ3v) is 9.17. The smallest absolute Gasteiger partial charge is 0.336 e. The van der Waals surface area contributed by atoms with Crippen molar-refractivity contribution in [2.75, 3.05) is 18.5 Å². The Kier molecular flexibility index (Phi) is 8.71. The summed E-state index contributed by atoms with van der Waals surface area (Å²) in [5.41, 5.74) is 1.04. The highest BCUT2D eigenvalue weighted by atomic mass is 16.6. The normalized spacial score (nSPS) is 32.1. The Bertz CT molecular complexity index is 1180. The second-order valence-corrected chi connectivity index (χ2v) is 11.6. The molecule has 0 aromatic heterocycles. The van der Waals surface area contributed by atoms with Crippen LogP contribution in [0.1, 0.15) is 53.4 Å². The average Bonchev–Trinajstić information content (AvgIpc) is 3.33. The molecule has 0 unspecified atom stereocenters. The molecule has 216 valence electrons. The van der Waals surface area contributed by atoms with Gasteiger partial charge in [-0.1, -0.05) is 38.6 Å². The van der Waals surface area contributed by atoms with E-state index in [-0.39, 0.29) is 31.0 Å². The molecule has 0 spiro atoms. The van der Waals surface area contributed by atoms with Gasteiger partial charge in [-0.25, -0.2) is 4.79 Å². The Balaban J connectivity index is 1.77. The quantitative estimate of drug-likeness (QED) is 0.195. The minimum atomic E-state index is -0.745. The SMILES string of the molecule is C=C1[C@@H](OC(C)=O)C[C@@H]2[C@](C)(COC=O)[C@H](OC(C)=O)CC[C@@]2(C)[C@@H]1C[C@@H](Nc1ccccc1)C1=CCOC1=O. The molecule has 4 rings (SSSR count). The molecule has 0 saturated heterocycles. The molecule has 1 aromatic carbocycles. The largest absolute Gasteiger partial charge is 0.467 e. The summed E-state index contributed by atoms with van der Waals surface area (Å²) in [6.45, 7) is 12.0. The van der Waals surface area contributed by atoms with E-state index in [1.54, 1.807) is 6.08 Å². The van der Waals surface area contributed by atoms with E-state index < -0.39 is 41.0 Å². The first kappa shape index (κ1) is 29.4. The third-order valence-electron chi connectivity index (χ3n) is 9.17. The van der Waals surface area contributed by atoms with Crippen LogP contribution in [0, 0.1) is 22.7 Å². The lowest BCUT2D eigenvalue weighted by atomic mass is 9.45. The van der Waals surface area contributed by atoms with Crippen molar-refractivity contribution in [1.82, 2.24) is 0 Å². The van der Waals surface area contributed by atoms with Crippen LogP contribution in [0.15, 0.2) is 54.1 Å². The number of cyclic esters (lactones) is 1. The first-order valence-electron chi connectivity index (χ1n) is 13.8. The Labute approximate surface area is 235 Å². The molecule has 2 fully saturated rings. The number of hydrogen-bond donors (Lipinski definition) is 1. The molecule has 7 atom stereocenters. The van der Waals surface area contributed by atoms with Gasteiger partial charge in [0.15, 0.2) is 0 Å². The Morgan fingerprint density at radius 1 is 1.18 bits per heavy atom. The maximum absolute atomic E-state index is 12.7. The minimum absolute atomic E-state index is 0.0455. The van der Waals surface area contributed by atoms with Gasteiger partial charge in [-0.15, -0.1) is 0 Å². The number of para-hydroxylation sites is 1. The van der Waals surface area contributed by atoms with Crippen LogP contribution >= 0.6 is 0 Å². The lowest BCUT2D eigenvalue weighted by molar-refractivity contribution is -0.197. The molecule has 2 aliphatic carbocycles. The summed E-state index contributed by atoms with van der Waals surface area (Å²) in [7, 11) is 0. The summed E-state index contributed by atoms with van der Waals surface area (Å²) in [6.07, 6.45) is 2.93. The van der Waals surface area contributed by atoms with Crippen molar-refractivity contribution in [1.29, 1.82) is 0 Å². The maximum atomic E-state index is 12.7. The zero-order chi connectivity index (χ0) is 29.1. The van der Waals surface area contributed by atoms with E-state index in [1.807, 2.05) is 37.3 Å². The number of anilines is 1. The lowest BCUT2D eigenvalue weighted by Crippen LogP contribution is -2.61. The van der Waals surface area contributed by atoms with Gasteiger partial charge in [0.1, 0.15) is 25.4 Å². The van der Waals surface area contributed by atoms with Gasteiger partial charge in [0.25, 0.3) is 6.47 Å². The van der Waals surface area contributed by atoms with E-state index >= 15 is 0 Å². The second kappa shape index (κ2) is 11.9. The molecular weight excluding hydrogens is 514 g/mol. The Hall–Kier alpha value is -3.62. The molecule has 1 heterocycles. The molecule has 9 nitrogen and oxygen atoms in total. The van der Waals surface area contributed by atoms with Gasteiger partial charge < -0.3 is 24.3 Å². The molecule has 1 aliphatic heterocycles. The summed E-state index contributed by atoms with van der Waals surface area (Å²) < 4.78 is 22.2. The fourth-order valence-electron chi connectivity index (χ4n) is 7.33. The fraction of sp³-hybridized carbons (Fsp3) is 0.548. The summed E-state index contributed by atoms with van der Waals surface area (Å²) in [4.78, 5) is 48.3. The van der Waals surface area contributed by atoms with E-state index in [0.29, 0.717) is 37.7 Å². The number of carbonyl (C=O) groups excluding carboxylic acids is 4. The first-order chi connectivity index (χ1) is 19.0. The van der Waals surface area contributed by atoms with Gasteiger partial charge in [0.05, 0.1) is 11.6 Å². The average molecular weight is 554 g/mol. The van der Waals surface area contributed by atoms with Crippen molar-refractivity contribution < 1.29 is 38.1 Å². The number of carbonyl (C=O) groups is 4. The van der Waals surface area contributed by atoms with Crippen LogP contribution in [-0.2, 0) is 38.1 Å². The predicted molar refractivity (Wildman–Crippen MR) is 147 cm³/mol. The monoisotopic (exact) mass is 553 g/mol. The van der Waals surface area contributed by atoms with E-state index in [4.69, 9.17) is 18.9 Å². The van der Waals surface area contributed by atoms with E-state index in [9.17, 15) is 19.2 Å². The van der Waals surface area contributed by atoms with E-state index in [0.717, 1.165) is 11.3 Å². The van der Waals surface area contributed by atoms with Crippen molar-refractivity contribution in [3.8, 4) is 0 Å². The van der Waals surface area contributed by atoms with Gasteiger partial charge in [0.2, 0.25) is 0 Å². The molecular formula is C31H39NO8. The number of hydrogen-bond acceptors (Lipinski definition) is 9. The van der Waals surface area contributed by atoms with Crippen LogP contribution in [0.4, 0.5) is 5.69 Å². The summed E-state index contributed by atoms with van der Waals surface area (Å²) in [6, 6.07) is 9.25. The van der Waals surface area contributed by atoms with Crippen LogP contribution in [0.2, 0.25) is 0 Å². The standard InChI is InChI=1S/C31H39NO8/c1-19-24(15-25(23-12-14-38-29(23)36)32-22-9-7-6-8-10-22)30(4)13-11-28(40-21(3)35)31(5,17-37-18-33)27(30)16-26(19)39-20(2)34/h6-10,12,18,24-28,32H,1,11,13-17H2,2-5H3/t24-,25-,26+,27+,28-,30+,31+/m1/s1.